The SMILES string of the molecule is CNCCc1ccc(C2CC2)c(Br)c1. The van der Waals surface area contributed by atoms with E-state index in [1.165, 1.54) is 28.4 Å². The molecule has 1 fully saturated rings. The summed E-state index contributed by atoms with van der Waals surface area (Å²) in [5.74, 6) is 0.836. The Morgan fingerprint density at radius 3 is 2.79 bits per heavy atom. The first kappa shape index (κ1) is 10.2. The second kappa shape index (κ2) is 4.45. The molecule has 0 heterocycles. The van der Waals surface area contributed by atoms with Crippen molar-refractivity contribution in [2.45, 2.75) is 25.2 Å². The Balaban J connectivity index is 2.09. The first-order valence-corrected chi connectivity index (χ1v) is 6.03. The van der Waals surface area contributed by atoms with Gasteiger partial charge in [-0.15, -0.1) is 0 Å². The van der Waals surface area contributed by atoms with E-state index in [0.717, 1.165) is 18.9 Å². The fourth-order valence-corrected chi connectivity index (χ4v) is 2.47. The molecule has 76 valence electrons. The standard InChI is InChI=1S/C12H16BrN/c1-14-7-6-9-2-5-11(10-3-4-10)12(13)8-9/h2,5,8,10,14H,3-4,6-7H2,1H3. The Bertz CT molecular complexity index is 318. The van der Waals surface area contributed by atoms with E-state index in [2.05, 4.69) is 39.4 Å². The predicted octanol–water partition coefficient (Wildman–Crippen LogP) is 3.09. The van der Waals surface area contributed by atoms with Crippen LogP contribution in [-0.2, 0) is 6.42 Å². The third-order valence-corrected chi connectivity index (χ3v) is 3.43. The van der Waals surface area contributed by atoms with Gasteiger partial charge >= 0.3 is 0 Å². The van der Waals surface area contributed by atoms with Crippen LogP contribution in [0, 0.1) is 0 Å². The quantitative estimate of drug-likeness (QED) is 0.870. The molecule has 0 amide bonds. The highest BCUT2D eigenvalue weighted by Crippen LogP contribution is 2.43. The van der Waals surface area contributed by atoms with Crippen LogP contribution in [0.2, 0.25) is 0 Å². The predicted molar refractivity (Wildman–Crippen MR) is 63.7 cm³/mol. The zero-order valence-corrected chi connectivity index (χ0v) is 10.1. The summed E-state index contributed by atoms with van der Waals surface area (Å²) in [7, 11) is 1.99. The lowest BCUT2D eigenvalue weighted by Crippen LogP contribution is -2.10. The van der Waals surface area contributed by atoms with Gasteiger partial charge in [0.1, 0.15) is 0 Å². The third kappa shape index (κ3) is 2.37. The maximum absolute atomic E-state index is 3.66. The molecular formula is C12H16BrN. The fraction of sp³-hybridized carbons (Fsp3) is 0.500. The topological polar surface area (TPSA) is 12.0 Å². The van der Waals surface area contributed by atoms with Crippen LogP contribution in [0.1, 0.15) is 29.9 Å². The molecule has 0 saturated heterocycles. The number of halogens is 1. The minimum Gasteiger partial charge on any atom is -0.319 e. The van der Waals surface area contributed by atoms with Crippen molar-refractivity contribution in [3.8, 4) is 0 Å². The van der Waals surface area contributed by atoms with Crippen molar-refractivity contribution in [1.29, 1.82) is 0 Å². The molecule has 1 nitrogen and oxygen atoms in total. The molecule has 2 heteroatoms. The first-order valence-electron chi connectivity index (χ1n) is 5.24. The van der Waals surface area contributed by atoms with Crippen molar-refractivity contribution < 1.29 is 0 Å². The molecule has 0 spiro atoms. The molecule has 0 bridgehead atoms. The van der Waals surface area contributed by atoms with Crippen LogP contribution in [0.15, 0.2) is 22.7 Å². The van der Waals surface area contributed by atoms with Crippen molar-refractivity contribution in [3.05, 3.63) is 33.8 Å². The molecule has 0 unspecified atom stereocenters. The zero-order valence-electron chi connectivity index (χ0n) is 8.52. The van der Waals surface area contributed by atoms with Crippen LogP contribution in [0.4, 0.5) is 0 Å². The minimum absolute atomic E-state index is 0.836. The molecule has 0 aromatic heterocycles. The summed E-state index contributed by atoms with van der Waals surface area (Å²) in [5, 5.41) is 3.17. The Labute approximate surface area is 94.0 Å². The Kier molecular flexibility index (Phi) is 3.24. The minimum atomic E-state index is 0.836. The van der Waals surface area contributed by atoms with E-state index in [1.54, 1.807) is 0 Å². The lowest BCUT2D eigenvalue weighted by molar-refractivity contribution is 0.791. The average Bonchev–Trinajstić information content (AvgIpc) is 2.98. The smallest absolute Gasteiger partial charge is 0.0212 e. The van der Waals surface area contributed by atoms with Gasteiger partial charge in [-0.2, -0.15) is 0 Å². The summed E-state index contributed by atoms with van der Waals surface area (Å²) < 4.78 is 1.30. The highest BCUT2D eigenvalue weighted by atomic mass is 79.9. The number of likely N-dealkylation sites (N-methyl/N-ethyl adjacent to an activating group) is 1. The molecule has 0 atom stereocenters. The Hall–Kier alpha value is -0.340. The van der Waals surface area contributed by atoms with E-state index >= 15 is 0 Å². The van der Waals surface area contributed by atoms with E-state index in [9.17, 15) is 0 Å². The number of hydrogen-bond acceptors (Lipinski definition) is 1. The van der Waals surface area contributed by atoms with E-state index in [0.29, 0.717) is 0 Å². The molecule has 1 aromatic rings. The van der Waals surface area contributed by atoms with Crippen LogP contribution < -0.4 is 5.32 Å². The van der Waals surface area contributed by atoms with Gasteiger partial charge in [0, 0.05) is 4.47 Å². The lowest BCUT2D eigenvalue weighted by atomic mass is 10.1. The monoisotopic (exact) mass is 253 g/mol. The van der Waals surface area contributed by atoms with Gasteiger partial charge in [0.05, 0.1) is 0 Å². The van der Waals surface area contributed by atoms with Gasteiger partial charge in [-0.25, -0.2) is 0 Å². The van der Waals surface area contributed by atoms with Crippen LogP contribution in [0.3, 0.4) is 0 Å². The fourth-order valence-electron chi connectivity index (χ4n) is 1.72. The molecule has 2 rings (SSSR count). The lowest BCUT2D eigenvalue weighted by Gasteiger charge is -2.06. The third-order valence-electron chi connectivity index (χ3n) is 2.75. The molecule has 1 saturated carbocycles. The molecule has 0 aliphatic heterocycles. The summed E-state index contributed by atoms with van der Waals surface area (Å²) in [6, 6.07) is 6.81. The second-order valence-electron chi connectivity index (χ2n) is 3.98. The van der Waals surface area contributed by atoms with Crippen LogP contribution >= 0.6 is 15.9 Å². The molecule has 1 N–H and O–H groups in total. The van der Waals surface area contributed by atoms with Crippen LogP contribution in [0.5, 0.6) is 0 Å². The van der Waals surface area contributed by atoms with Crippen molar-refractivity contribution in [2.75, 3.05) is 13.6 Å². The van der Waals surface area contributed by atoms with Crippen molar-refractivity contribution in [1.82, 2.24) is 5.32 Å². The van der Waals surface area contributed by atoms with Gasteiger partial charge in [0.15, 0.2) is 0 Å². The Morgan fingerprint density at radius 1 is 1.43 bits per heavy atom. The van der Waals surface area contributed by atoms with Gasteiger partial charge in [0.25, 0.3) is 0 Å². The molecule has 14 heavy (non-hydrogen) atoms. The van der Waals surface area contributed by atoms with Gasteiger partial charge in [-0.3, -0.25) is 0 Å². The zero-order chi connectivity index (χ0) is 9.97. The summed E-state index contributed by atoms with van der Waals surface area (Å²) in [4.78, 5) is 0. The summed E-state index contributed by atoms with van der Waals surface area (Å²) in [6.07, 6.45) is 3.85. The molecule has 1 aliphatic carbocycles. The van der Waals surface area contributed by atoms with Gasteiger partial charge in [-0.1, -0.05) is 28.1 Å². The maximum Gasteiger partial charge on any atom is 0.0212 e. The largest absolute Gasteiger partial charge is 0.319 e. The van der Waals surface area contributed by atoms with Crippen LogP contribution in [0.25, 0.3) is 0 Å². The summed E-state index contributed by atoms with van der Waals surface area (Å²) in [6.45, 7) is 1.05. The van der Waals surface area contributed by atoms with E-state index < -0.39 is 0 Å². The van der Waals surface area contributed by atoms with Crippen molar-refractivity contribution >= 4 is 15.9 Å². The highest BCUT2D eigenvalue weighted by Gasteiger charge is 2.25. The van der Waals surface area contributed by atoms with Crippen molar-refractivity contribution in [2.24, 2.45) is 0 Å². The second-order valence-corrected chi connectivity index (χ2v) is 4.84. The molecule has 0 radical (unpaired) electrons. The van der Waals surface area contributed by atoms with Gasteiger partial charge in [0.2, 0.25) is 0 Å². The Morgan fingerprint density at radius 2 is 2.21 bits per heavy atom. The van der Waals surface area contributed by atoms with Gasteiger partial charge in [-0.05, 0) is 56.0 Å². The van der Waals surface area contributed by atoms with Crippen LogP contribution in [-0.4, -0.2) is 13.6 Å². The summed E-state index contributed by atoms with van der Waals surface area (Å²) >= 11 is 3.66. The number of nitrogens with one attached hydrogen (secondary N) is 1. The highest BCUT2D eigenvalue weighted by molar-refractivity contribution is 9.10. The number of benzene rings is 1. The molecule has 1 aromatic carbocycles. The molecular weight excluding hydrogens is 238 g/mol. The number of hydrogen-bond donors (Lipinski definition) is 1. The molecule has 1 aliphatic rings. The van der Waals surface area contributed by atoms with Gasteiger partial charge < -0.3 is 5.32 Å². The normalized spacial score (nSPS) is 15.9. The van der Waals surface area contributed by atoms with Crippen molar-refractivity contribution in [3.63, 3.8) is 0 Å². The maximum atomic E-state index is 3.66. The van der Waals surface area contributed by atoms with E-state index in [4.69, 9.17) is 0 Å². The first-order chi connectivity index (χ1) is 6.81. The number of rotatable bonds is 4. The average molecular weight is 254 g/mol. The van der Waals surface area contributed by atoms with E-state index in [1.807, 2.05) is 7.05 Å². The van der Waals surface area contributed by atoms with E-state index in [-0.39, 0.29) is 0 Å². The summed E-state index contributed by atoms with van der Waals surface area (Å²) in [5.41, 5.74) is 2.91.